The predicted molar refractivity (Wildman–Crippen MR) is 91.9 cm³/mol. The average molecular weight is 382 g/mol. The Balaban J connectivity index is 2.62. The number of hydrogen-bond acceptors (Lipinski definition) is 7. The Morgan fingerprint density at radius 3 is 2.35 bits per heavy atom. The molecular formula is C16H18N2O7S. The van der Waals surface area contributed by atoms with Crippen molar-refractivity contribution in [3.63, 3.8) is 0 Å². The molecule has 0 fully saturated rings. The second kappa shape index (κ2) is 7.16. The Morgan fingerprint density at radius 2 is 1.73 bits per heavy atom. The van der Waals surface area contributed by atoms with Crippen molar-refractivity contribution < 1.29 is 22.1 Å². The zero-order valence-electron chi connectivity index (χ0n) is 14.7. The van der Waals surface area contributed by atoms with Gasteiger partial charge >= 0.3 is 21.8 Å². The third kappa shape index (κ3) is 3.40. The Labute approximate surface area is 149 Å². The molecule has 0 aliphatic rings. The van der Waals surface area contributed by atoms with Crippen LogP contribution in [0.25, 0.3) is 0 Å². The molecule has 0 saturated heterocycles. The molecule has 0 aliphatic carbocycles. The van der Waals surface area contributed by atoms with Gasteiger partial charge in [0, 0.05) is 19.8 Å². The fraction of sp³-hybridized carbons (Fsp3) is 0.312. The highest BCUT2D eigenvalue weighted by atomic mass is 32.2. The number of ether oxygens (including phenoxy) is 1. The Bertz CT molecular complexity index is 1080. The van der Waals surface area contributed by atoms with Crippen LogP contribution in [0.4, 0.5) is 0 Å². The summed E-state index contributed by atoms with van der Waals surface area (Å²) in [6.07, 6.45) is 0. The van der Waals surface area contributed by atoms with Gasteiger partial charge in [0.05, 0.1) is 6.61 Å². The summed E-state index contributed by atoms with van der Waals surface area (Å²) >= 11 is 0. The largest absolute Gasteiger partial charge is 0.462 e. The summed E-state index contributed by atoms with van der Waals surface area (Å²) < 4.78 is 37.0. The Morgan fingerprint density at radius 1 is 1.12 bits per heavy atom. The molecule has 26 heavy (non-hydrogen) atoms. The van der Waals surface area contributed by atoms with Gasteiger partial charge in [0.2, 0.25) is 0 Å². The summed E-state index contributed by atoms with van der Waals surface area (Å²) in [5.74, 6) is -1.04. The first-order valence-electron chi connectivity index (χ1n) is 7.59. The summed E-state index contributed by atoms with van der Waals surface area (Å²) in [5, 5.41) is 0. The molecule has 0 atom stereocenters. The number of hydrogen-bond donors (Lipinski definition) is 0. The van der Waals surface area contributed by atoms with Gasteiger partial charge in [-0.25, -0.2) is 9.59 Å². The lowest BCUT2D eigenvalue weighted by molar-refractivity contribution is 0.0524. The van der Waals surface area contributed by atoms with Gasteiger partial charge in [-0.1, -0.05) is 12.1 Å². The molecular weight excluding hydrogens is 364 g/mol. The van der Waals surface area contributed by atoms with Crippen molar-refractivity contribution in [3.05, 3.63) is 56.4 Å². The van der Waals surface area contributed by atoms with E-state index in [1.165, 1.54) is 38.2 Å². The van der Waals surface area contributed by atoms with Crippen molar-refractivity contribution in [1.82, 2.24) is 9.13 Å². The van der Waals surface area contributed by atoms with Gasteiger partial charge in [-0.3, -0.25) is 13.9 Å². The number of carbonyl (C=O) groups excluding carboxylic acids is 1. The van der Waals surface area contributed by atoms with Crippen LogP contribution < -0.4 is 15.4 Å². The van der Waals surface area contributed by atoms with Crippen molar-refractivity contribution in [2.45, 2.75) is 18.7 Å². The van der Waals surface area contributed by atoms with E-state index in [0.717, 1.165) is 11.6 Å². The summed E-state index contributed by atoms with van der Waals surface area (Å²) in [6.45, 7) is 3.02. The van der Waals surface area contributed by atoms with Crippen LogP contribution in [0.2, 0.25) is 0 Å². The van der Waals surface area contributed by atoms with E-state index in [4.69, 9.17) is 8.92 Å². The molecule has 1 aromatic carbocycles. The van der Waals surface area contributed by atoms with Crippen LogP contribution in [0.15, 0.2) is 38.8 Å². The van der Waals surface area contributed by atoms with Gasteiger partial charge in [0.1, 0.15) is 5.56 Å². The van der Waals surface area contributed by atoms with Gasteiger partial charge in [0.15, 0.2) is 10.6 Å². The monoisotopic (exact) mass is 382 g/mol. The predicted octanol–water partition coefficient (Wildman–Crippen LogP) is 0.337. The minimum absolute atomic E-state index is 0.0771. The minimum atomic E-state index is -4.61. The van der Waals surface area contributed by atoms with Crippen molar-refractivity contribution in [3.8, 4) is 5.75 Å². The molecule has 0 spiro atoms. The van der Waals surface area contributed by atoms with Crippen LogP contribution in [0.5, 0.6) is 5.75 Å². The summed E-state index contributed by atoms with van der Waals surface area (Å²) in [7, 11) is -2.11. The summed E-state index contributed by atoms with van der Waals surface area (Å²) in [4.78, 5) is 35.5. The van der Waals surface area contributed by atoms with E-state index in [2.05, 4.69) is 0 Å². The summed E-state index contributed by atoms with van der Waals surface area (Å²) in [5.41, 5.74) is -1.86. The van der Waals surface area contributed by atoms with Crippen LogP contribution in [-0.2, 0) is 29.0 Å². The summed E-state index contributed by atoms with van der Waals surface area (Å²) in [6, 6.07) is 5.60. The lowest BCUT2D eigenvalue weighted by Gasteiger charge is -2.14. The lowest BCUT2D eigenvalue weighted by atomic mass is 10.2. The molecule has 1 aromatic heterocycles. The maximum atomic E-state index is 12.7. The second-order valence-corrected chi connectivity index (χ2v) is 6.86. The maximum absolute atomic E-state index is 12.7. The zero-order chi connectivity index (χ0) is 19.6. The van der Waals surface area contributed by atoms with Gasteiger partial charge in [-0.15, -0.1) is 0 Å². The molecule has 0 aliphatic heterocycles. The third-order valence-electron chi connectivity index (χ3n) is 3.74. The highest BCUT2D eigenvalue weighted by Crippen LogP contribution is 2.23. The molecule has 0 radical (unpaired) electrons. The van der Waals surface area contributed by atoms with E-state index in [-0.39, 0.29) is 23.6 Å². The van der Waals surface area contributed by atoms with E-state index in [0.29, 0.717) is 4.57 Å². The van der Waals surface area contributed by atoms with Crippen LogP contribution in [0, 0.1) is 6.92 Å². The number of nitrogens with zero attached hydrogens (tertiary/aromatic N) is 2. The molecule has 2 aromatic rings. The number of carbonyl (C=O) groups is 1. The van der Waals surface area contributed by atoms with E-state index in [1.54, 1.807) is 6.92 Å². The number of para-hydroxylation sites is 1. The molecule has 1 heterocycles. The van der Waals surface area contributed by atoms with E-state index in [1.807, 2.05) is 0 Å². The highest BCUT2D eigenvalue weighted by molar-refractivity contribution is 7.87. The van der Waals surface area contributed by atoms with Crippen molar-refractivity contribution in [2.24, 2.45) is 14.1 Å². The van der Waals surface area contributed by atoms with Crippen LogP contribution in [0.1, 0.15) is 23.0 Å². The van der Waals surface area contributed by atoms with E-state index >= 15 is 0 Å². The van der Waals surface area contributed by atoms with Crippen molar-refractivity contribution in [1.29, 1.82) is 0 Å². The normalized spacial score (nSPS) is 11.2. The first kappa shape index (κ1) is 19.4. The first-order valence-corrected chi connectivity index (χ1v) is 8.99. The Hall–Kier alpha value is -2.88. The minimum Gasteiger partial charge on any atom is -0.462 e. The molecule has 0 unspecified atom stereocenters. The van der Waals surface area contributed by atoms with Crippen molar-refractivity contribution in [2.75, 3.05) is 6.61 Å². The smallest absolute Gasteiger partial charge is 0.346 e. The Kier molecular flexibility index (Phi) is 5.36. The topological polar surface area (TPSA) is 114 Å². The molecule has 10 heteroatoms. The molecule has 0 saturated carbocycles. The second-order valence-electron chi connectivity index (χ2n) is 5.37. The molecule has 0 bridgehead atoms. The first-order chi connectivity index (χ1) is 12.1. The van der Waals surface area contributed by atoms with Gasteiger partial charge in [-0.05, 0) is 26.0 Å². The molecule has 9 nitrogen and oxygen atoms in total. The third-order valence-corrected chi connectivity index (χ3v) is 5.11. The van der Waals surface area contributed by atoms with Crippen LogP contribution >= 0.6 is 0 Å². The molecule has 140 valence electrons. The van der Waals surface area contributed by atoms with Gasteiger partial charge in [-0.2, -0.15) is 8.42 Å². The number of esters is 1. The molecule has 0 N–H and O–H groups in total. The van der Waals surface area contributed by atoms with Gasteiger partial charge in [0.25, 0.3) is 5.56 Å². The van der Waals surface area contributed by atoms with E-state index in [9.17, 15) is 22.8 Å². The zero-order valence-corrected chi connectivity index (χ0v) is 15.5. The fourth-order valence-corrected chi connectivity index (χ4v) is 3.59. The molecule has 0 amide bonds. The molecule has 2 rings (SSSR count). The number of aromatic nitrogens is 2. The number of rotatable bonds is 5. The fourth-order valence-electron chi connectivity index (χ4n) is 2.28. The standard InChI is InChI=1S/C16H18N2O7S/c1-5-24-15(20)11-8-6-7-9-12(11)25-26(22,23)13-10(2)17(3)16(21)18(4)14(13)19/h6-9H,5H2,1-4H3. The lowest BCUT2D eigenvalue weighted by Crippen LogP contribution is -2.41. The maximum Gasteiger partial charge on any atom is 0.346 e. The average Bonchev–Trinajstić information content (AvgIpc) is 2.58. The SMILES string of the molecule is CCOC(=O)c1ccccc1OS(=O)(=O)c1c(C)n(C)c(=O)n(C)c1=O. The van der Waals surface area contributed by atoms with Crippen LogP contribution in [0.3, 0.4) is 0 Å². The number of benzene rings is 1. The van der Waals surface area contributed by atoms with Crippen LogP contribution in [-0.4, -0.2) is 30.1 Å². The van der Waals surface area contributed by atoms with E-state index < -0.39 is 32.2 Å². The quantitative estimate of drug-likeness (QED) is 0.541. The van der Waals surface area contributed by atoms with Crippen molar-refractivity contribution >= 4 is 16.1 Å². The highest BCUT2D eigenvalue weighted by Gasteiger charge is 2.29. The van der Waals surface area contributed by atoms with Gasteiger partial charge < -0.3 is 8.92 Å².